The zero-order valence-electron chi connectivity index (χ0n) is 20.3. The summed E-state index contributed by atoms with van der Waals surface area (Å²) in [6.07, 6.45) is 0.754. The van der Waals surface area contributed by atoms with E-state index in [9.17, 15) is 13.2 Å². The van der Waals surface area contributed by atoms with Gasteiger partial charge in [-0.3, -0.25) is 4.79 Å². The molecule has 4 rings (SSSR count). The van der Waals surface area contributed by atoms with Crippen LogP contribution in [0.1, 0.15) is 49.8 Å². The molecule has 1 saturated carbocycles. The molecule has 0 saturated heterocycles. The van der Waals surface area contributed by atoms with Crippen molar-refractivity contribution in [2.75, 3.05) is 5.32 Å². The number of anilines is 1. The second-order valence-corrected chi connectivity index (χ2v) is 11.8. The van der Waals surface area contributed by atoms with Gasteiger partial charge in [0.2, 0.25) is 15.9 Å². The van der Waals surface area contributed by atoms with Crippen LogP contribution < -0.4 is 10.0 Å². The van der Waals surface area contributed by atoms with E-state index in [1.165, 1.54) is 0 Å². The second-order valence-electron chi connectivity index (χ2n) is 10.1. The summed E-state index contributed by atoms with van der Waals surface area (Å²) in [5, 5.41) is 12.1. The zero-order valence-corrected chi connectivity index (χ0v) is 21.1. The highest BCUT2D eigenvalue weighted by Gasteiger charge is 2.44. The summed E-state index contributed by atoms with van der Waals surface area (Å²) in [6, 6.07) is 22.0. The van der Waals surface area contributed by atoms with E-state index in [-0.39, 0.29) is 22.6 Å². The van der Waals surface area contributed by atoms with Crippen molar-refractivity contribution in [3.8, 4) is 17.2 Å². The first-order valence-corrected chi connectivity index (χ1v) is 13.0. The van der Waals surface area contributed by atoms with Crippen molar-refractivity contribution in [2.45, 2.75) is 50.5 Å². The number of nitrogens with zero attached hydrogens (tertiary/aromatic N) is 1. The first kappa shape index (κ1) is 24.6. The number of hydrogen-bond acceptors (Lipinski definition) is 4. The lowest BCUT2D eigenvalue weighted by Crippen LogP contribution is -2.40. The maximum atomic E-state index is 13.0. The van der Waals surface area contributed by atoms with Gasteiger partial charge in [-0.1, -0.05) is 42.0 Å². The minimum atomic E-state index is -3.72. The Hall–Kier alpha value is -3.47. The minimum absolute atomic E-state index is 0.0571. The smallest absolute Gasteiger partial charge is 0.241 e. The lowest BCUT2D eigenvalue weighted by atomic mass is 10.0. The number of carbonyl (C=O) groups excluding carboxylic acids is 1. The Balaban J connectivity index is 1.51. The number of rotatable bonds is 6. The summed E-state index contributed by atoms with van der Waals surface area (Å²) in [5.74, 6) is -0.0585. The molecule has 1 fully saturated rings. The molecule has 0 heterocycles. The predicted octanol–water partition coefficient (Wildman–Crippen LogP) is 5.35. The summed E-state index contributed by atoms with van der Waals surface area (Å²) >= 11 is 0. The van der Waals surface area contributed by atoms with Crippen molar-refractivity contribution in [3.63, 3.8) is 0 Å². The topological polar surface area (TPSA) is 99.1 Å². The van der Waals surface area contributed by atoms with Crippen molar-refractivity contribution in [3.05, 3.63) is 83.4 Å². The van der Waals surface area contributed by atoms with Crippen LogP contribution in [-0.2, 0) is 14.8 Å². The van der Waals surface area contributed by atoms with Crippen molar-refractivity contribution >= 4 is 21.6 Å². The number of hydrogen-bond donors (Lipinski definition) is 2. The van der Waals surface area contributed by atoms with Gasteiger partial charge in [0, 0.05) is 22.7 Å². The van der Waals surface area contributed by atoms with Gasteiger partial charge >= 0.3 is 0 Å². The Morgan fingerprint density at radius 1 is 1.03 bits per heavy atom. The minimum Gasteiger partial charge on any atom is -0.326 e. The van der Waals surface area contributed by atoms with Gasteiger partial charge in [-0.25, -0.2) is 13.1 Å². The number of amides is 1. The zero-order chi connectivity index (χ0) is 25.4. The summed E-state index contributed by atoms with van der Waals surface area (Å²) in [5.41, 5.74) is 3.97. The molecular formula is C28H29N3O3S. The average Bonchev–Trinajstić information content (AvgIpc) is 3.59. The second kappa shape index (κ2) is 9.29. The number of nitriles is 1. The van der Waals surface area contributed by atoms with Crippen molar-refractivity contribution in [1.29, 1.82) is 5.26 Å². The van der Waals surface area contributed by atoms with Crippen LogP contribution in [0.15, 0.2) is 71.6 Å². The summed E-state index contributed by atoms with van der Waals surface area (Å²) in [4.78, 5) is 13.0. The Morgan fingerprint density at radius 3 is 2.40 bits per heavy atom. The lowest BCUT2D eigenvalue weighted by molar-refractivity contribution is -0.117. The Kier molecular flexibility index (Phi) is 6.54. The molecule has 0 unspecified atom stereocenters. The molecule has 3 aromatic carbocycles. The molecule has 2 N–H and O–H groups in total. The highest BCUT2D eigenvalue weighted by molar-refractivity contribution is 7.89. The van der Waals surface area contributed by atoms with Gasteiger partial charge in [0.15, 0.2) is 0 Å². The summed E-state index contributed by atoms with van der Waals surface area (Å²) < 4.78 is 28.8. The Bertz CT molecular complexity index is 1420. The van der Waals surface area contributed by atoms with Gasteiger partial charge in [0.1, 0.15) is 0 Å². The third-order valence-electron chi connectivity index (χ3n) is 5.90. The molecular weight excluding hydrogens is 458 g/mol. The predicted molar refractivity (Wildman–Crippen MR) is 137 cm³/mol. The van der Waals surface area contributed by atoms with Crippen molar-refractivity contribution in [2.24, 2.45) is 5.92 Å². The molecule has 1 aliphatic carbocycles. The van der Waals surface area contributed by atoms with Gasteiger partial charge in [-0.2, -0.15) is 5.26 Å². The lowest BCUT2D eigenvalue weighted by Gasteiger charge is -2.22. The summed E-state index contributed by atoms with van der Waals surface area (Å²) in [7, 11) is -3.72. The number of aryl methyl sites for hydroxylation is 1. The monoisotopic (exact) mass is 487 g/mol. The molecule has 1 amide bonds. The standard InChI is InChI=1S/C28H29N3O3S/c1-18-8-13-26(35(33,34)31-28(2,3)4)24(14-18)20-9-11-22(12-10-20)30-27(32)25-16-23(25)21-7-5-6-19(15-21)17-29/h5-15,23,25,31H,16H2,1-4H3,(H,30,32)/t23-,25+/m0/s1. The van der Waals surface area contributed by atoms with Crippen molar-refractivity contribution in [1.82, 2.24) is 4.72 Å². The van der Waals surface area contributed by atoms with Crippen molar-refractivity contribution < 1.29 is 13.2 Å². The fraction of sp³-hybridized carbons (Fsp3) is 0.286. The average molecular weight is 488 g/mol. The molecule has 0 spiro atoms. The Morgan fingerprint density at radius 2 is 1.74 bits per heavy atom. The molecule has 3 aromatic rings. The van der Waals surface area contributed by atoms with E-state index < -0.39 is 15.6 Å². The van der Waals surface area contributed by atoms with E-state index in [1.54, 1.807) is 51.1 Å². The van der Waals surface area contributed by atoms with Crippen LogP contribution in [-0.4, -0.2) is 19.9 Å². The molecule has 180 valence electrons. The van der Waals surface area contributed by atoms with Crippen LogP contribution in [0.3, 0.4) is 0 Å². The van der Waals surface area contributed by atoms with Crippen LogP contribution in [0.2, 0.25) is 0 Å². The largest absolute Gasteiger partial charge is 0.326 e. The molecule has 7 heteroatoms. The molecule has 0 radical (unpaired) electrons. The van der Waals surface area contributed by atoms with E-state index in [0.29, 0.717) is 16.8 Å². The highest BCUT2D eigenvalue weighted by Crippen LogP contribution is 2.48. The van der Waals surface area contributed by atoms with Gasteiger partial charge in [-0.05, 0) is 81.5 Å². The molecule has 6 nitrogen and oxygen atoms in total. The quantitative estimate of drug-likeness (QED) is 0.489. The van der Waals surface area contributed by atoms with Gasteiger partial charge in [0.05, 0.1) is 16.5 Å². The molecule has 0 aromatic heterocycles. The van der Waals surface area contributed by atoms with Gasteiger partial charge in [0.25, 0.3) is 0 Å². The maximum absolute atomic E-state index is 13.0. The third kappa shape index (κ3) is 5.79. The molecule has 0 bridgehead atoms. The van der Waals surface area contributed by atoms with Crippen LogP contribution >= 0.6 is 0 Å². The molecule has 0 aliphatic heterocycles. The van der Waals surface area contributed by atoms with Crippen LogP contribution in [0.4, 0.5) is 5.69 Å². The Labute approximate surface area is 207 Å². The first-order chi connectivity index (χ1) is 16.5. The van der Waals surface area contributed by atoms with E-state index in [4.69, 9.17) is 5.26 Å². The van der Waals surface area contributed by atoms with Crippen LogP contribution in [0, 0.1) is 24.2 Å². The van der Waals surface area contributed by atoms with Gasteiger partial charge in [-0.15, -0.1) is 0 Å². The number of nitrogens with one attached hydrogen (secondary N) is 2. The fourth-order valence-electron chi connectivity index (χ4n) is 4.22. The highest BCUT2D eigenvalue weighted by atomic mass is 32.2. The van der Waals surface area contributed by atoms with E-state index in [2.05, 4.69) is 16.1 Å². The normalized spacial score (nSPS) is 17.5. The fourth-order valence-corrected chi connectivity index (χ4v) is 5.85. The van der Waals surface area contributed by atoms with E-state index in [1.807, 2.05) is 43.3 Å². The number of benzene rings is 3. The van der Waals surface area contributed by atoms with Crippen LogP contribution in [0.5, 0.6) is 0 Å². The maximum Gasteiger partial charge on any atom is 0.241 e. The van der Waals surface area contributed by atoms with E-state index >= 15 is 0 Å². The third-order valence-corrected chi connectivity index (χ3v) is 7.72. The molecule has 2 atom stereocenters. The SMILES string of the molecule is Cc1ccc(S(=O)(=O)NC(C)(C)C)c(-c2ccc(NC(=O)[C@@H]3C[C@H]3c3cccc(C#N)c3)cc2)c1. The van der Waals surface area contributed by atoms with Crippen LogP contribution in [0.25, 0.3) is 11.1 Å². The number of sulfonamides is 1. The first-order valence-electron chi connectivity index (χ1n) is 11.5. The number of carbonyl (C=O) groups is 1. The summed E-state index contributed by atoms with van der Waals surface area (Å²) in [6.45, 7) is 7.34. The van der Waals surface area contributed by atoms with E-state index in [0.717, 1.165) is 23.1 Å². The molecule has 1 aliphatic rings. The molecule has 35 heavy (non-hydrogen) atoms. The van der Waals surface area contributed by atoms with Gasteiger partial charge < -0.3 is 5.32 Å².